The van der Waals surface area contributed by atoms with Gasteiger partial charge < -0.3 is 5.32 Å². The minimum Gasteiger partial charge on any atom is -0.348 e. The van der Waals surface area contributed by atoms with E-state index >= 15 is 0 Å². The molecule has 1 N–H and O–H groups in total. The van der Waals surface area contributed by atoms with Gasteiger partial charge in [-0.3, -0.25) is 14.9 Å². The summed E-state index contributed by atoms with van der Waals surface area (Å²) in [7, 11) is 0. The van der Waals surface area contributed by atoms with Crippen LogP contribution in [0.2, 0.25) is 0 Å². The van der Waals surface area contributed by atoms with Crippen molar-refractivity contribution in [3.63, 3.8) is 0 Å². The number of hydrogen-bond acceptors (Lipinski definition) is 3. The molecule has 1 rings (SSSR count). The van der Waals surface area contributed by atoms with Crippen molar-refractivity contribution in [3.05, 3.63) is 39.7 Å². The highest BCUT2D eigenvalue weighted by molar-refractivity contribution is 14.1. The Bertz CT molecular complexity index is 494. The van der Waals surface area contributed by atoms with Crippen LogP contribution in [-0.4, -0.2) is 21.3 Å². The van der Waals surface area contributed by atoms with Crippen molar-refractivity contribution in [2.45, 2.75) is 19.9 Å². The third-order valence-electron chi connectivity index (χ3n) is 2.69. The van der Waals surface area contributed by atoms with Crippen molar-refractivity contribution >= 4 is 34.2 Å². The maximum atomic E-state index is 13.1. The van der Waals surface area contributed by atoms with Gasteiger partial charge in [0.25, 0.3) is 11.6 Å². The molecule has 0 fully saturated rings. The molecule has 0 heterocycles. The second-order valence-electron chi connectivity index (χ2n) is 4.40. The number of benzene rings is 1. The predicted octanol–water partition coefficient (Wildman–Crippen LogP) is 2.92. The average Bonchev–Trinajstić information content (AvgIpc) is 2.34. The molecule has 1 amide bonds. The van der Waals surface area contributed by atoms with E-state index in [0.29, 0.717) is 4.43 Å². The number of amides is 1. The molecule has 0 aliphatic heterocycles. The first-order valence-corrected chi connectivity index (χ1v) is 7.20. The van der Waals surface area contributed by atoms with E-state index in [9.17, 15) is 19.3 Å². The van der Waals surface area contributed by atoms with Crippen LogP contribution >= 0.6 is 22.6 Å². The Kier molecular flexibility index (Phi) is 5.64. The van der Waals surface area contributed by atoms with Crippen LogP contribution in [0.4, 0.5) is 10.1 Å². The van der Waals surface area contributed by atoms with E-state index in [-0.39, 0.29) is 17.5 Å². The van der Waals surface area contributed by atoms with E-state index in [0.717, 1.165) is 18.2 Å². The van der Waals surface area contributed by atoms with Gasteiger partial charge in [0.15, 0.2) is 0 Å². The minimum absolute atomic E-state index is 0.115. The molecule has 1 unspecified atom stereocenters. The molecule has 0 bridgehead atoms. The van der Waals surface area contributed by atoms with Crippen LogP contribution in [0.15, 0.2) is 18.2 Å². The van der Waals surface area contributed by atoms with Crippen LogP contribution in [0.5, 0.6) is 0 Å². The molecule has 1 atom stereocenters. The van der Waals surface area contributed by atoms with Crippen LogP contribution in [-0.2, 0) is 0 Å². The Balaban J connectivity index is 3.05. The zero-order chi connectivity index (χ0) is 14.6. The number of rotatable bonds is 5. The molecular formula is C12H14FIN2O3. The fourth-order valence-corrected chi connectivity index (χ4v) is 2.72. The van der Waals surface area contributed by atoms with Crippen molar-refractivity contribution < 1.29 is 14.1 Å². The Morgan fingerprint density at radius 3 is 2.63 bits per heavy atom. The van der Waals surface area contributed by atoms with Crippen LogP contribution in [0.3, 0.4) is 0 Å². The van der Waals surface area contributed by atoms with E-state index in [1.807, 2.05) is 13.8 Å². The van der Waals surface area contributed by atoms with Crippen LogP contribution in [0.25, 0.3) is 0 Å². The summed E-state index contributed by atoms with van der Waals surface area (Å²) < 4.78 is 13.8. The number of nitrogens with zero attached hydrogens (tertiary/aromatic N) is 1. The molecule has 0 radical (unpaired) electrons. The van der Waals surface area contributed by atoms with Gasteiger partial charge in [-0.15, -0.1) is 0 Å². The lowest BCUT2D eigenvalue weighted by molar-refractivity contribution is -0.385. The van der Waals surface area contributed by atoms with Crippen molar-refractivity contribution in [1.82, 2.24) is 5.32 Å². The highest BCUT2D eigenvalue weighted by Gasteiger charge is 2.23. The summed E-state index contributed by atoms with van der Waals surface area (Å²) in [4.78, 5) is 22.1. The minimum atomic E-state index is -0.692. The van der Waals surface area contributed by atoms with Crippen molar-refractivity contribution in [1.29, 1.82) is 0 Å². The molecule has 0 spiro atoms. The zero-order valence-corrected chi connectivity index (χ0v) is 12.7. The van der Waals surface area contributed by atoms with E-state index in [1.165, 1.54) is 0 Å². The van der Waals surface area contributed by atoms with Gasteiger partial charge >= 0.3 is 0 Å². The molecular weight excluding hydrogens is 366 g/mol. The Morgan fingerprint density at radius 2 is 2.16 bits per heavy atom. The van der Waals surface area contributed by atoms with Gasteiger partial charge in [-0.2, -0.15) is 0 Å². The number of hydrogen-bond donors (Lipinski definition) is 1. The van der Waals surface area contributed by atoms with Gasteiger partial charge in [0.05, 0.1) is 4.92 Å². The van der Waals surface area contributed by atoms with Crippen molar-refractivity contribution in [3.8, 4) is 0 Å². The third-order valence-corrected chi connectivity index (χ3v) is 3.64. The third kappa shape index (κ3) is 4.12. The van der Waals surface area contributed by atoms with Crippen LogP contribution < -0.4 is 5.32 Å². The van der Waals surface area contributed by atoms with Crippen molar-refractivity contribution in [2.24, 2.45) is 5.92 Å². The van der Waals surface area contributed by atoms with Gasteiger partial charge in [-0.25, -0.2) is 4.39 Å². The Labute approximate surface area is 123 Å². The number of nitrogens with one attached hydrogen (secondary N) is 1. The van der Waals surface area contributed by atoms with Gasteiger partial charge in [-0.05, 0) is 18.1 Å². The summed E-state index contributed by atoms with van der Waals surface area (Å²) in [6.45, 7) is 3.87. The molecule has 1 aromatic carbocycles. The fraction of sp³-hybridized carbons (Fsp3) is 0.417. The van der Waals surface area contributed by atoms with Crippen LogP contribution in [0.1, 0.15) is 24.2 Å². The lowest BCUT2D eigenvalue weighted by Gasteiger charge is -2.19. The SMILES string of the molecule is CC(C)C(CI)NC(=O)c1cc(F)ccc1[N+](=O)[O-]. The molecule has 0 aromatic heterocycles. The standard InChI is InChI=1S/C12H14FIN2O3/c1-7(2)10(6-14)15-12(17)9-5-8(13)3-4-11(9)16(18)19/h3-5,7,10H,6H2,1-2H3,(H,15,17). The fourth-order valence-electron chi connectivity index (χ4n) is 1.48. The van der Waals surface area contributed by atoms with Crippen molar-refractivity contribution in [2.75, 3.05) is 4.43 Å². The monoisotopic (exact) mass is 380 g/mol. The maximum Gasteiger partial charge on any atom is 0.282 e. The topological polar surface area (TPSA) is 72.2 Å². The number of nitro benzene ring substituents is 1. The maximum absolute atomic E-state index is 13.1. The van der Waals surface area contributed by atoms with Gasteiger partial charge in [-0.1, -0.05) is 36.4 Å². The average molecular weight is 380 g/mol. The first-order chi connectivity index (χ1) is 8.86. The molecule has 0 aliphatic carbocycles. The summed E-state index contributed by atoms with van der Waals surface area (Å²) >= 11 is 2.12. The van der Waals surface area contributed by atoms with E-state index in [2.05, 4.69) is 27.9 Å². The first kappa shape index (κ1) is 15.8. The number of carbonyl (C=O) groups is 1. The number of halogens is 2. The lowest BCUT2D eigenvalue weighted by Crippen LogP contribution is -2.40. The zero-order valence-electron chi connectivity index (χ0n) is 10.5. The summed E-state index contributed by atoms with van der Waals surface area (Å²) in [5.74, 6) is -1.11. The molecule has 0 saturated heterocycles. The second kappa shape index (κ2) is 6.78. The van der Waals surface area contributed by atoms with Crippen LogP contribution in [0, 0.1) is 21.8 Å². The highest BCUT2D eigenvalue weighted by atomic mass is 127. The number of alkyl halides is 1. The molecule has 19 heavy (non-hydrogen) atoms. The van der Waals surface area contributed by atoms with E-state index in [4.69, 9.17) is 0 Å². The summed E-state index contributed by atoms with van der Waals surface area (Å²) in [5, 5.41) is 13.5. The van der Waals surface area contributed by atoms with Gasteiger partial charge in [0, 0.05) is 16.5 Å². The molecule has 7 heteroatoms. The quantitative estimate of drug-likeness (QED) is 0.370. The number of nitro groups is 1. The Morgan fingerprint density at radius 1 is 1.53 bits per heavy atom. The van der Waals surface area contributed by atoms with E-state index in [1.54, 1.807) is 0 Å². The summed E-state index contributed by atoms with van der Waals surface area (Å²) in [6.07, 6.45) is 0. The summed E-state index contributed by atoms with van der Waals surface area (Å²) in [6, 6.07) is 2.74. The first-order valence-electron chi connectivity index (χ1n) is 5.67. The van der Waals surface area contributed by atoms with E-state index < -0.39 is 22.3 Å². The highest BCUT2D eigenvalue weighted by Crippen LogP contribution is 2.20. The number of carbonyl (C=O) groups excluding carboxylic acids is 1. The lowest BCUT2D eigenvalue weighted by atomic mass is 10.1. The largest absolute Gasteiger partial charge is 0.348 e. The molecule has 0 saturated carbocycles. The smallest absolute Gasteiger partial charge is 0.282 e. The molecule has 5 nitrogen and oxygen atoms in total. The normalized spacial score (nSPS) is 12.3. The Hall–Kier alpha value is -1.25. The summed E-state index contributed by atoms with van der Waals surface area (Å²) in [5.41, 5.74) is -0.643. The molecule has 0 aliphatic rings. The van der Waals surface area contributed by atoms with Gasteiger partial charge in [0.1, 0.15) is 11.4 Å². The molecule has 104 valence electrons. The molecule has 1 aromatic rings. The predicted molar refractivity (Wildman–Crippen MR) is 78.0 cm³/mol. The second-order valence-corrected chi connectivity index (χ2v) is 5.28. The van der Waals surface area contributed by atoms with Gasteiger partial charge in [0.2, 0.25) is 0 Å².